The predicted octanol–water partition coefficient (Wildman–Crippen LogP) is 1.94. The maximum Gasteiger partial charge on any atom is 0.0799 e. The van der Waals surface area contributed by atoms with Gasteiger partial charge in [-0.2, -0.15) is 0 Å². The summed E-state index contributed by atoms with van der Waals surface area (Å²) in [6.45, 7) is 2.59. The Hall–Kier alpha value is -0.570. The lowest BCUT2D eigenvalue weighted by atomic mass is 10.1. The van der Waals surface area contributed by atoms with Gasteiger partial charge in [0, 0.05) is 18.5 Å². The van der Waals surface area contributed by atoms with Gasteiger partial charge in [-0.3, -0.25) is 0 Å². The Balaban J connectivity index is 2.39. The number of aliphatic hydroxyl groups is 1. The van der Waals surface area contributed by atoms with Crippen LogP contribution >= 0.6 is 11.6 Å². The minimum Gasteiger partial charge on any atom is -0.391 e. The lowest BCUT2D eigenvalue weighted by Gasteiger charge is -2.15. The Labute approximate surface area is 89.9 Å². The first kappa shape index (κ1) is 11.5. The van der Waals surface area contributed by atoms with E-state index in [0.29, 0.717) is 6.54 Å². The Morgan fingerprint density at radius 3 is 2.57 bits per heavy atom. The molecule has 0 aromatic heterocycles. The average molecular weight is 214 g/mol. The van der Waals surface area contributed by atoms with Crippen molar-refractivity contribution in [3.8, 4) is 0 Å². The van der Waals surface area contributed by atoms with Crippen molar-refractivity contribution in [2.45, 2.75) is 19.1 Å². The summed E-state index contributed by atoms with van der Waals surface area (Å²) in [6, 6.07) is 10.4. The van der Waals surface area contributed by atoms with Crippen LogP contribution in [0.25, 0.3) is 0 Å². The van der Waals surface area contributed by atoms with Gasteiger partial charge >= 0.3 is 0 Å². The molecule has 0 amide bonds. The molecule has 0 aliphatic heterocycles. The number of hydrogen-bond donors (Lipinski definition) is 2. The van der Waals surface area contributed by atoms with E-state index in [9.17, 15) is 5.11 Å². The maximum absolute atomic E-state index is 9.26. The first-order valence-electron chi connectivity index (χ1n) is 4.76. The summed E-state index contributed by atoms with van der Waals surface area (Å²) in [4.78, 5) is 0. The van der Waals surface area contributed by atoms with Crippen LogP contribution in [0.3, 0.4) is 0 Å². The SMILES string of the molecule is C[C@H](NCC(O)CCl)c1ccccc1. The molecule has 0 radical (unpaired) electrons. The molecule has 2 nitrogen and oxygen atoms in total. The smallest absolute Gasteiger partial charge is 0.0799 e. The molecule has 0 aliphatic carbocycles. The third kappa shape index (κ3) is 3.66. The second-order valence-electron chi connectivity index (χ2n) is 3.35. The van der Waals surface area contributed by atoms with Crippen molar-refractivity contribution >= 4 is 11.6 Å². The van der Waals surface area contributed by atoms with Gasteiger partial charge in [0.05, 0.1) is 6.10 Å². The van der Waals surface area contributed by atoms with Gasteiger partial charge in [0.25, 0.3) is 0 Å². The van der Waals surface area contributed by atoms with Gasteiger partial charge in [-0.25, -0.2) is 0 Å². The zero-order valence-electron chi connectivity index (χ0n) is 8.28. The molecule has 2 atom stereocenters. The number of halogens is 1. The summed E-state index contributed by atoms with van der Waals surface area (Å²) in [5.74, 6) is 0.272. The van der Waals surface area contributed by atoms with Gasteiger partial charge in [0.2, 0.25) is 0 Å². The fourth-order valence-electron chi connectivity index (χ4n) is 1.23. The van der Waals surface area contributed by atoms with E-state index in [1.807, 2.05) is 18.2 Å². The molecule has 0 heterocycles. The predicted molar refractivity (Wildman–Crippen MR) is 59.6 cm³/mol. The molecule has 0 saturated heterocycles. The van der Waals surface area contributed by atoms with Gasteiger partial charge in [0.1, 0.15) is 0 Å². The van der Waals surface area contributed by atoms with Crippen LogP contribution in [0.2, 0.25) is 0 Å². The number of nitrogens with one attached hydrogen (secondary N) is 1. The molecule has 2 N–H and O–H groups in total. The van der Waals surface area contributed by atoms with Crippen LogP contribution in [-0.2, 0) is 0 Å². The minimum absolute atomic E-state index is 0.245. The van der Waals surface area contributed by atoms with Gasteiger partial charge in [-0.1, -0.05) is 30.3 Å². The van der Waals surface area contributed by atoms with Crippen LogP contribution in [0, 0.1) is 0 Å². The number of benzene rings is 1. The van der Waals surface area contributed by atoms with E-state index in [1.165, 1.54) is 5.56 Å². The fourth-order valence-corrected chi connectivity index (χ4v) is 1.34. The van der Waals surface area contributed by atoms with E-state index in [-0.39, 0.29) is 11.9 Å². The molecule has 1 aromatic rings. The molecule has 1 rings (SSSR count). The maximum atomic E-state index is 9.26. The Morgan fingerprint density at radius 2 is 2.00 bits per heavy atom. The number of rotatable bonds is 5. The van der Waals surface area contributed by atoms with Crippen LogP contribution in [-0.4, -0.2) is 23.6 Å². The van der Waals surface area contributed by atoms with Gasteiger partial charge < -0.3 is 10.4 Å². The van der Waals surface area contributed by atoms with E-state index in [1.54, 1.807) is 0 Å². The summed E-state index contributed by atoms with van der Waals surface area (Å²) in [7, 11) is 0. The van der Waals surface area contributed by atoms with Crippen molar-refractivity contribution < 1.29 is 5.11 Å². The van der Waals surface area contributed by atoms with Crippen LogP contribution in [0.4, 0.5) is 0 Å². The van der Waals surface area contributed by atoms with Crippen LogP contribution < -0.4 is 5.32 Å². The highest BCUT2D eigenvalue weighted by atomic mass is 35.5. The first-order valence-corrected chi connectivity index (χ1v) is 5.30. The quantitative estimate of drug-likeness (QED) is 0.733. The fraction of sp³-hybridized carbons (Fsp3) is 0.455. The van der Waals surface area contributed by atoms with Crippen molar-refractivity contribution in [1.29, 1.82) is 0 Å². The summed E-state index contributed by atoms with van der Waals surface area (Å²) in [6.07, 6.45) is -0.470. The molecule has 0 fully saturated rings. The van der Waals surface area contributed by atoms with Crippen molar-refractivity contribution in [3.63, 3.8) is 0 Å². The third-order valence-electron chi connectivity index (χ3n) is 2.14. The van der Waals surface area contributed by atoms with Gasteiger partial charge in [-0.05, 0) is 12.5 Å². The number of aliphatic hydroxyl groups excluding tert-OH is 1. The van der Waals surface area contributed by atoms with Crippen LogP contribution in [0.1, 0.15) is 18.5 Å². The van der Waals surface area contributed by atoms with Gasteiger partial charge in [0.15, 0.2) is 0 Å². The zero-order valence-corrected chi connectivity index (χ0v) is 9.04. The Bertz CT molecular complexity index is 253. The van der Waals surface area contributed by atoms with E-state index >= 15 is 0 Å². The van der Waals surface area contributed by atoms with E-state index < -0.39 is 6.10 Å². The largest absolute Gasteiger partial charge is 0.391 e. The van der Waals surface area contributed by atoms with E-state index in [2.05, 4.69) is 24.4 Å². The van der Waals surface area contributed by atoms with Crippen LogP contribution in [0.15, 0.2) is 30.3 Å². The van der Waals surface area contributed by atoms with E-state index in [4.69, 9.17) is 11.6 Å². The summed E-state index contributed by atoms with van der Waals surface area (Å²) in [5.41, 5.74) is 1.22. The van der Waals surface area contributed by atoms with E-state index in [0.717, 1.165) is 0 Å². The number of hydrogen-bond acceptors (Lipinski definition) is 2. The molecule has 1 unspecified atom stereocenters. The highest BCUT2D eigenvalue weighted by Gasteiger charge is 2.06. The Kier molecular flexibility index (Phi) is 4.94. The second-order valence-corrected chi connectivity index (χ2v) is 3.66. The lowest BCUT2D eigenvalue weighted by Crippen LogP contribution is -2.29. The summed E-state index contributed by atoms with van der Waals surface area (Å²) in [5, 5.41) is 12.5. The van der Waals surface area contributed by atoms with Crippen LogP contribution in [0.5, 0.6) is 0 Å². The normalized spacial score (nSPS) is 15.1. The first-order chi connectivity index (χ1) is 6.74. The molecular formula is C11H16ClNO. The van der Waals surface area contributed by atoms with Crippen molar-refractivity contribution in [1.82, 2.24) is 5.32 Å². The second kappa shape index (κ2) is 6.02. The molecule has 0 saturated carbocycles. The molecule has 14 heavy (non-hydrogen) atoms. The summed E-state index contributed by atoms with van der Waals surface area (Å²) < 4.78 is 0. The molecule has 0 spiro atoms. The van der Waals surface area contributed by atoms with Crippen molar-refractivity contribution in [2.24, 2.45) is 0 Å². The van der Waals surface area contributed by atoms with Crippen molar-refractivity contribution in [2.75, 3.05) is 12.4 Å². The van der Waals surface area contributed by atoms with Crippen molar-refractivity contribution in [3.05, 3.63) is 35.9 Å². The standard InChI is InChI=1S/C11H16ClNO/c1-9(13-8-11(14)7-12)10-5-3-2-4-6-10/h2-6,9,11,13-14H,7-8H2,1H3/t9-,11?/m0/s1. The topological polar surface area (TPSA) is 32.3 Å². The molecule has 3 heteroatoms. The highest BCUT2D eigenvalue weighted by Crippen LogP contribution is 2.10. The number of alkyl halides is 1. The third-order valence-corrected chi connectivity index (χ3v) is 2.49. The average Bonchev–Trinajstić information content (AvgIpc) is 2.26. The highest BCUT2D eigenvalue weighted by molar-refractivity contribution is 6.18. The zero-order chi connectivity index (χ0) is 10.4. The summed E-state index contributed by atoms with van der Waals surface area (Å²) >= 11 is 5.49. The Morgan fingerprint density at radius 1 is 1.36 bits per heavy atom. The molecule has 0 bridgehead atoms. The monoisotopic (exact) mass is 213 g/mol. The molecule has 1 aromatic carbocycles. The lowest BCUT2D eigenvalue weighted by molar-refractivity contribution is 0.190. The molecular weight excluding hydrogens is 198 g/mol. The molecule has 78 valence electrons. The van der Waals surface area contributed by atoms with Gasteiger partial charge in [-0.15, -0.1) is 11.6 Å². The minimum atomic E-state index is -0.470. The molecule has 0 aliphatic rings.